The number of nitrogens with one attached hydrogen (secondary N) is 1. The van der Waals surface area contributed by atoms with Gasteiger partial charge in [-0.15, -0.1) is 11.3 Å². The van der Waals surface area contributed by atoms with Gasteiger partial charge >= 0.3 is 0 Å². The predicted octanol–water partition coefficient (Wildman–Crippen LogP) is 1.87. The first-order valence-corrected chi connectivity index (χ1v) is 8.59. The molecule has 1 aliphatic heterocycles. The van der Waals surface area contributed by atoms with Gasteiger partial charge in [-0.2, -0.15) is 0 Å². The Morgan fingerprint density at radius 3 is 2.96 bits per heavy atom. The number of thiazole rings is 1. The first-order valence-electron chi connectivity index (χ1n) is 7.77. The third-order valence-corrected chi connectivity index (χ3v) is 4.84. The molecule has 7 heteroatoms. The minimum Gasteiger partial charge on any atom is -0.378 e. The molecule has 0 radical (unpaired) electrons. The fourth-order valence-corrected chi connectivity index (χ4v) is 3.24. The Morgan fingerprint density at radius 1 is 1.39 bits per heavy atom. The summed E-state index contributed by atoms with van der Waals surface area (Å²) in [5.74, 6) is 0.841. The lowest BCUT2D eigenvalue weighted by atomic mass is 10.2. The molecule has 0 aliphatic carbocycles. The molecule has 0 spiro atoms. The third-order valence-electron chi connectivity index (χ3n) is 3.70. The summed E-state index contributed by atoms with van der Waals surface area (Å²) >= 11 is 1.44. The summed E-state index contributed by atoms with van der Waals surface area (Å²) in [6.07, 6.45) is 4.28. The number of hydrogen-bond acceptors (Lipinski definition) is 6. The van der Waals surface area contributed by atoms with E-state index in [0.29, 0.717) is 24.6 Å². The van der Waals surface area contributed by atoms with Crippen molar-refractivity contribution < 1.29 is 9.53 Å². The van der Waals surface area contributed by atoms with Crippen LogP contribution in [0.4, 0.5) is 5.82 Å². The van der Waals surface area contributed by atoms with Gasteiger partial charge in [0.25, 0.3) is 5.91 Å². The van der Waals surface area contributed by atoms with Crippen molar-refractivity contribution in [3.63, 3.8) is 0 Å². The van der Waals surface area contributed by atoms with Gasteiger partial charge in [-0.05, 0) is 12.5 Å². The monoisotopic (exact) mass is 332 g/mol. The molecule has 1 amide bonds. The molecule has 122 valence electrons. The third kappa shape index (κ3) is 3.86. The summed E-state index contributed by atoms with van der Waals surface area (Å²) in [5.41, 5.74) is 1.02. The SMILES string of the molecule is CCc1ncc(C(=O)NCc2cccnc2N2CCOCC2)s1. The molecule has 1 aliphatic rings. The number of carbonyl (C=O) groups is 1. The lowest BCUT2D eigenvalue weighted by Gasteiger charge is -2.29. The van der Waals surface area contributed by atoms with Crippen LogP contribution in [-0.4, -0.2) is 42.2 Å². The van der Waals surface area contributed by atoms with E-state index in [4.69, 9.17) is 4.74 Å². The zero-order valence-electron chi connectivity index (χ0n) is 13.1. The Kier molecular flexibility index (Phi) is 5.19. The average Bonchev–Trinajstić information content (AvgIpc) is 3.10. The second kappa shape index (κ2) is 7.52. The Bertz CT molecular complexity index is 668. The number of pyridine rings is 1. The van der Waals surface area contributed by atoms with Crippen LogP contribution in [-0.2, 0) is 17.7 Å². The molecular weight excluding hydrogens is 312 g/mol. The van der Waals surface area contributed by atoms with Gasteiger partial charge < -0.3 is 15.0 Å². The van der Waals surface area contributed by atoms with E-state index >= 15 is 0 Å². The molecule has 0 aromatic carbocycles. The fourth-order valence-electron chi connectivity index (χ4n) is 2.47. The summed E-state index contributed by atoms with van der Waals surface area (Å²) in [5, 5.41) is 3.94. The van der Waals surface area contributed by atoms with E-state index in [-0.39, 0.29) is 5.91 Å². The Morgan fingerprint density at radius 2 is 2.22 bits per heavy atom. The smallest absolute Gasteiger partial charge is 0.263 e. The summed E-state index contributed by atoms with van der Waals surface area (Å²) in [7, 11) is 0. The van der Waals surface area contributed by atoms with Crippen molar-refractivity contribution in [1.29, 1.82) is 0 Å². The highest BCUT2D eigenvalue weighted by molar-refractivity contribution is 7.13. The molecule has 1 saturated heterocycles. The number of rotatable bonds is 5. The van der Waals surface area contributed by atoms with Gasteiger partial charge in [-0.25, -0.2) is 9.97 Å². The number of aromatic nitrogens is 2. The van der Waals surface area contributed by atoms with Gasteiger partial charge in [0, 0.05) is 31.4 Å². The van der Waals surface area contributed by atoms with Crippen molar-refractivity contribution in [2.45, 2.75) is 19.9 Å². The number of hydrogen-bond donors (Lipinski definition) is 1. The van der Waals surface area contributed by atoms with Crippen molar-refractivity contribution >= 4 is 23.1 Å². The predicted molar refractivity (Wildman–Crippen MR) is 89.9 cm³/mol. The number of ether oxygens (including phenoxy) is 1. The number of morpholine rings is 1. The van der Waals surface area contributed by atoms with Crippen molar-refractivity contribution in [1.82, 2.24) is 15.3 Å². The first-order chi connectivity index (χ1) is 11.3. The fraction of sp³-hybridized carbons (Fsp3) is 0.438. The van der Waals surface area contributed by atoms with Gasteiger partial charge in [0.1, 0.15) is 10.7 Å². The van der Waals surface area contributed by atoms with E-state index in [0.717, 1.165) is 35.9 Å². The van der Waals surface area contributed by atoms with Crippen molar-refractivity contribution in [2.75, 3.05) is 31.2 Å². The maximum Gasteiger partial charge on any atom is 0.263 e. The van der Waals surface area contributed by atoms with Gasteiger partial charge in [-0.1, -0.05) is 13.0 Å². The number of aryl methyl sites for hydroxylation is 1. The van der Waals surface area contributed by atoms with Gasteiger partial charge in [-0.3, -0.25) is 4.79 Å². The second-order valence-corrected chi connectivity index (χ2v) is 6.36. The van der Waals surface area contributed by atoms with Crippen LogP contribution in [0.1, 0.15) is 27.2 Å². The molecule has 23 heavy (non-hydrogen) atoms. The van der Waals surface area contributed by atoms with Crippen molar-refractivity contribution in [3.05, 3.63) is 40.0 Å². The highest BCUT2D eigenvalue weighted by atomic mass is 32.1. The Labute approximate surface area is 139 Å². The summed E-state index contributed by atoms with van der Waals surface area (Å²) in [4.78, 5) is 23.8. The van der Waals surface area contributed by atoms with Crippen LogP contribution < -0.4 is 10.2 Å². The minimum atomic E-state index is -0.0843. The lowest BCUT2D eigenvalue weighted by Crippen LogP contribution is -2.37. The Balaban J connectivity index is 1.66. The van der Waals surface area contributed by atoms with Crippen molar-refractivity contribution in [3.8, 4) is 0 Å². The van der Waals surface area contributed by atoms with Gasteiger partial charge in [0.05, 0.1) is 24.4 Å². The lowest BCUT2D eigenvalue weighted by molar-refractivity contribution is 0.0954. The number of anilines is 1. The van der Waals surface area contributed by atoms with Crippen LogP contribution >= 0.6 is 11.3 Å². The molecule has 2 aromatic heterocycles. The van der Waals surface area contributed by atoms with Crippen LogP contribution in [0.5, 0.6) is 0 Å². The minimum absolute atomic E-state index is 0.0843. The van der Waals surface area contributed by atoms with E-state index < -0.39 is 0 Å². The first kappa shape index (κ1) is 15.9. The molecule has 0 saturated carbocycles. The highest BCUT2D eigenvalue weighted by Crippen LogP contribution is 2.19. The molecule has 2 aromatic rings. The van der Waals surface area contributed by atoms with Crippen molar-refractivity contribution in [2.24, 2.45) is 0 Å². The zero-order chi connectivity index (χ0) is 16.1. The largest absolute Gasteiger partial charge is 0.378 e. The van der Waals surface area contributed by atoms with E-state index in [9.17, 15) is 4.79 Å². The molecule has 0 atom stereocenters. The standard InChI is InChI=1S/C16H20N4O2S/c1-2-14-18-11-13(23-14)16(21)19-10-12-4-3-5-17-15(12)20-6-8-22-9-7-20/h3-5,11H,2,6-10H2,1H3,(H,19,21). The molecule has 0 bridgehead atoms. The maximum absolute atomic E-state index is 12.2. The zero-order valence-corrected chi connectivity index (χ0v) is 13.9. The molecule has 6 nitrogen and oxygen atoms in total. The average molecular weight is 332 g/mol. The van der Waals surface area contributed by atoms with Gasteiger partial charge in [0.2, 0.25) is 0 Å². The Hall–Kier alpha value is -1.99. The molecular formula is C16H20N4O2S. The summed E-state index contributed by atoms with van der Waals surface area (Å²) in [6.45, 7) is 5.56. The van der Waals surface area contributed by atoms with Crippen LogP contribution in [0.15, 0.2) is 24.5 Å². The van der Waals surface area contributed by atoms with E-state index in [1.807, 2.05) is 19.1 Å². The highest BCUT2D eigenvalue weighted by Gasteiger charge is 2.17. The normalized spacial score (nSPS) is 14.7. The number of amides is 1. The maximum atomic E-state index is 12.2. The number of carbonyl (C=O) groups excluding carboxylic acids is 1. The number of nitrogens with zero attached hydrogens (tertiary/aromatic N) is 3. The van der Waals surface area contributed by atoms with Crippen LogP contribution in [0, 0.1) is 0 Å². The summed E-state index contributed by atoms with van der Waals surface area (Å²) in [6, 6.07) is 3.90. The molecule has 3 heterocycles. The van der Waals surface area contributed by atoms with E-state index in [2.05, 4.69) is 20.2 Å². The molecule has 1 fully saturated rings. The van der Waals surface area contributed by atoms with Crippen LogP contribution in [0.25, 0.3) is 0 Å². The van der Waals surface area contributed by atoms with Crippen LogP contribution in [0.2, 0.25) is 0 Å². The van der Waals surface area contributed by atoms with E-state index in [1.165, 1.54) is 11.3 Å². The molecule has 0 unspecified atom stereocenters. The second-order valence-electron chi connectivity index (χ2n) is 5.24. The summed E-state index contributed by atoms with van der Waals surface area (Å²) < 4.78 is 5.39. The van der Waals surface area contributed by atoms with E-state index in [1.54, 1.807) is 12.4 Å². The molecule has 3 rings (SSSR count). The molecule has 1 N–H and O–H groups in total. The topological polar surface area (TPSA) is 67.4 Å². The quantitative estimate of drug-likeness (QED) is 0.905. The van der Waals surface area contributed by atoms with Gasteiger partial charge in [0.15, 0.2) is 0 Å². The van der Waals surface area contributed by atoms with Crippen LogP contribution in [0.3, 0.4) is 0 Å².